The van der Waals surface area contributed by atoms with Crippen LogP contribution in [-0.2, 0) is 11.3 Å². The van der Waals surface area contributed by atoms with Crippen molar-refractivity contribution in [3.8, 4) is 0 Å². The van der Waals surface area contributed by atoms with Gasteiger partial charge >= 0.3 is 0 Å². The summed E-state index contributed by atoms with van der Waals surface area (Å²) >= 11 is 0. The molecule has 0 saturated carbocycles. The first-order valence-electron chi connectivity index (χ1n) is 4.89. The Bertz CT molecular complexity index is 247. The van der Waals surface area contributed by atoms with Gasteiger partial charge in [-0.25, -0.2) is 0 Å². The van der Waals surface area contributed by atoms with Gasteiger partial charge in [-0.05, 0) is 19.1 Å². The second-order valence-corrected chi connectivity index (χ2v) is 2.63. The number of hydrogen-bond donors (Lipinski definition) is 1. The van der Waals surface area contributed by atoms with E-state index in [-0.39, 0.29) is 5.78 Å². The van der Waals surface area contributed by atoms with Crippen LogP contribution in [0.4, 0.5) is 0 Å². The van der Waals surface area contributed by atoms with Crippen LogP contribution in [0.3, 0.4) is 0 Å². The monoisotopic (exact) mass is 194 g/mol. The molecule has 1 heterocycles. The van der Waals surface area contributed by atoms with Gasteiger partial charge in [0.1, 0.15) is 5.78 Å². The molecule has 0 aromatic carbocycles. The van der Waals surface area contributed by atoms with E-state index in [1.54, 1.807) is 13.1 Å². The third-order valence-corrected chi connectivity index (χ3v) is 1.41. The number of pyridine rings is 1. The zero-order valence-corrected chi connectivity index (χ0v) is 9.08. The summed E-state index contributed by atoms with van der Waals surface area (Å²) in [6.45, 7) is 6.63. The van der Waals surface area contributed by atoms with Gasteiger partial charge in [-0.1, -0.05) is 19.9 Å². The predicted octanol–water partition coefficient (Wildman–Crippen LogP) is 1.79. The SMILES string of the molecule is CC.CC(=O)CNCc1ccccn1. The molecule has 1 aromatic rings. The zero-order chi connectivity index (χ0) is 10.8. The molecule has 0 saturated heterocycles. The van der Waals surface area contributed by atoms with Crippen molar-refractivity contribution in [2.45, 2.75) is 27.3 Å². The molecule has 1 rings (SSSR count). The standard InChI is InChI=1S/C9H12N2O.C2H6/c1-8(12)6-10-7-9-4-2-3-5-11-9;1-2/h2-5,10H,6-7H2,1H3;1-2H3. The largest absolute Gasteiger partial charge is 0.304 e. The van der Waals surface area contributed by atoms with Crippen LogP contribution in [0.15, 0.2) is 24.4 Å². The highest BCUT2D eigenvalue weighted by atomic mass is 16.1. The van der Waals surface area contributed by atoms with Crippen LogP contribution >= 0.6 is 0 Å². The first kappa shape index (κ1) is 12.8. The summed E-state index contributed by atoms with van der Waals surface area (Å²) in [5.74, 6) is 0.144. The number of carbonyl (C=O) groups is 1. The molecule has 3 nitrogen and oxygen atoms in total. The van der Waals surface area contributed by atoms with E-state index in [1.807, 2.05) is 32.0 Å². The zero-order valence-electron chi connectivity index (χ0n) is 9.08. The van der Waals surface area contributed by atoms with Crippen molar-refractivity contribution in [2.75, 3.05) is 6.54 Å². The van der Waals surface area contributed by atoms with Crippen LogP contribution in [0, 0.1) is 0 Å². The molecule has 0 unspecified atom stereocenters. The Morgan fingerprint density at radius 3 is 2.64 bits per heavy atom. The van der Waals surface area contributed by atoms with Crippen LogP contribution in [0.25, 0.3) is 0 Å². The molecular weight excluding hydrogens is 176 g/mol. The number of nitrogens with zero attached hydrogens (tertiary/aromatic N) is 1. The average Bonchev–Trinajstić information content (AvgIpc) is 2.22. The lowest BCUT2D eigenvalue weighted by atomic mass is 10.3. The van der Waals surface area contributed by atoms with E-state index in [4.69, 9.17) is 0 Å². The van der Waals surface area contributed by atoms with Crippen molar-refractivity contribution in [2.24, 2.45) is 0 Å². The minimum absolute atomic E-state index is 0.144. The van der Waals surface area contributed by atoms with Crippen molar-refractivity contribution in [3.63, 3.8) is 0 Å². The molecule has 0 atom stereocenters. The minimum Gasteiger partial charge on any atom is -0.304 e. The van der Waals surface area contributed by atoms with Gasteiger partial charge in [0, 0.05) is 12.7 Å². The van der Waals surface area contributed by atoms with E-state index < -0.39 is 0 Å². The lowest BCUT2D eigenvalue weighted by molar-refractivity contribution is -0.116. The molecule has 0 aliphatic heterocycles. The predicted molar refractivity (Wildman–Crippen MR) is 58.0 cm³/mol. The third kappa shape index (κ3) is 6.31. The lowest BCUT2D eigenvalue weighted by Gasteiger charge is -2.00. The van der Waals surface area contributed by atoms with Crippen LogP contribution in [0.2, 0.25) is 0 Å². The van der Waals surface area contributed by atoms with E-state index in [1.165, 1.54) is 0 Å². The van der Waals surface area contributed by atoms with E-state index in [0.29, 0.717) is 13.1 Å². The van der Waals surface area contributed by atoms with E-state index >= 15 is 0 Å². The highest BCUT2D eigenvalue weighted by Crippen LogP contribution is 1.90. The quantitative estimate of drug-likeness (QED) is 0.794. The van der Waals surface area contributed by atoms with Crippen molar-refractivity contribution in [1.82, 2.24) is 10.3 Å². The molecule has 0 aliphatic carbocycles. The highest BCUT2D eigenvalue weighted by Gasteiger charge is 1.93. The highest BCUT2D eigenvalue weighted by molar-refractivity contribution is 5.77. The molecule has 1 aromatic heterocycles. The molecule has 0 spiro atoms. The lowest BCUT2D eigenvalue weighted by Crippen LogP contribution is -2.20. The van der Waals surface area contributed by atoms with Gasteiger partial charge in [-0.2, -0.15) is 0 Å². The fourth-order valence-electron chi connectivity index (χ4n) is 0.869. The van der Waals surface area contributed by atoms with E-state index in [2.05, 4.69) is 10.3 Å². The number of Topliss-reactive ketones (excluding diaryl/α,β-unsaturated/α-hetero) is 1. The van der Waals surface area contributed by atoms with Crippen molar-refractivity contribution < 1.29 is 4.79 Å². The number of hydrogen-bond acceptors (Lipinski definition) is 3. The van der Waals surface area contributed by atoms with Crippen LogP contribution < -0.4 is 5.32 Å². The van der Waals surface area contributed by atoms with Crippen LogP contribution in [0.5, 0.6) is 0 Å². The molecular formula is C11H18N2O. The Morgan fingerprint density at radius 1 is 1.43 bits per heavy atom. The number of carbonyl (C=O) groups excluding carboxylic acids is 1. The van der Waals surface area contributed by atoms with Gasteiger partial charge in [-0.15, -0.1) is 0 Å². The smallest absolute Gasteiger partial charge is 0.143 e. The fraction of sp³-hybridized carbons (Fsp3) is 0.455. The molecule has 78 valence electrons. The van der Waals surface area contributed by atoms with E-state index in [0.717, 1.165) is 5.69 Å². The molecule has 0 amide bonds. The average molecular weight is 194 g/mol. The van der Waals surface area contributed by atoms with Gasteiger partial charge in [-0.3, -0.25) is 9.78 Å². The third-order valence-electron chi connectivity index (χ3n) is 1.41. The molecule has 14 heavy (non-hydrogen) atoms. The van der Waals surface area contributed by atoms with Crippen LogP contribution in [0.1, 0.15) is 26.5 Å². The number of aromatic nitrogens is 1. The Labute approximate surface area is 85.6 Å². The van der Waals surface area contributed by atoms with Gasteiger partial charge in [0.25, 0.3) is 0 Å². The maximum Gasteiger partial charge on any atom is 0.143 e. The Morgan fingerprint density at radius 2 is 2.14 bits per heavy atom. The van der Waals surface area contributed by atoms with Gasteiger partial charge < -0.3 is 5.32 Å². The summed E-state index contributed by atoms with van der Waals surface area (Å²) in [5, 5.41) is 2.99. The second kappa shape index (κ2) is 8.38. The van der Waals surface area contributed by atoms with Gasteiger partial charge in [0.2, 0.25) is 0 Å². The second-order valence-electron chi connectivity index (χ2n) is 2.63. The topological polar surface area (TPSA) is 42.0 Å². The Balaban J connectivity index is 0.000000791. The normalized spacial score (nSPS) is 8.79. The summed E-state index contributed by atoms with van der Waals surface area (Å²) in [6, 6.07) is 5.72. The summed E-state index contributed by atoms with van der Waals surface area (Å²) in [4.78, 5) is 14.7. The summed E-state index contributed by atoms with van der Waals surface area (Å²) in [7, 11) is 0. The maximum atomic E-state index is 10.6. The summed E-state index contributed by atoms with van der Waals surface area (Å²) in [6.07, 6.45) is 1.74. The van der Waals surface area contributed by atoms with Crippen molar-refractivity contribution in [1.29, 1.82) is 0 Å². The minimum atomic E-state index is 0.144. The van der Waals surface area contributed by atoms with Crippen molar-refractivity contribution >= 4 is 5.78 Å². The molecule has 0 aliphatic rings. The Hall–Kier alpha value is -1.22. The number of nitrogens with one attached hydrogen (secondary N) is 1. The molecule has 1 N–H and O–H groups in total. The van der Waals surface area contributed by atoms with E-state index in [9.17, 15) is 4.79 Å². The first-order chi connectivity index (χ1) is 6.79. The Kier molecular flexibility index (Phi) is 7.65. The van der Waals surface area contributed by atoms with Gasteiger partial charge in [0.05, 0.1) is 12.2 Å². The molecule has 0 fully saturated rings. The van der Waals surface area contributed by atoms with Crippen LogP contribution in [-0.4, -0.2) is 17.3 Å². The number of rotatable bonds is 4. The first-order valence-corrected chi connectivity index (χ1v) is 4.89. The summed E-state index contributed by atoms with van der Waals surface area (Å²) in [5.41, 5.74) is 0.957. The van der Waals surface area contributed by atoms with Gasteiger partial charge in [0.15, 0.2) is 0 Å². The molecule has 0 radical (unpaired) electrons. The number of ketones is 1. The maximum absolute atomic E-state index is 10.6. The fourth-order valence-corrected chi connectivity index (χ4v) is 0.869. The molecule has 3 heteroatoms. The summed E-state index contributed by atoms with van der Waals surface area (Å²) < 4.78 is 0. The molecule has 0 bridgehead atoms. The van der Waals surface area contributed by atoms with Crippen molar-refractivity contribution in [3.05, 3.63) is 30.1 Å².